The summed E-state index contributed by atoms with van der Waals surface area (Å²) in [6, 6.07) is 3.71. The van der Waals surface area contributed by atoms with Crippen molar-refractivity contribution in [2.45, 2.75) is 44.8 Å². The lowest BCUT2D eigenvalue weighted by Gasteiger charge is -2.32. The van der Waals surface area contributed by atoms with Crippen LogP contribution in [-0.2, 0) is 28.1 Å². The van der Waals surface area contributed by atoms with Crippen molar-refractivity contribution >= 4 is 5.91 Å². The van der Waals surface area contributed by atoms with Crippen molar-refractivity contribution in [3.8, 4) is 0 Å². The molecular formula is C18H22N4O2. The second kappa shape index (κ2) is 7.49. The molecule has 0 aromatic carbocycles. The Morgan fingerprint density at radius 2 is 2.08 bits per heavy atom. The maximum Gasteiger partial charge on any atom is 0.224 e. The van der Waals surface area contributed by atoms with Crippen LogP contribution < -0.4 is 5.32 Å². The Morgan fingerprint density at radius 3 is 2.75 bits per heavy atom. The van der Waals surface area contributed by atoms with E-state index in [1.54, 1.807) is 24.8 Å². The number of carbonyl (C=O) groups excluding carboxylic acids is 1. The van der Waals surface area contributed by atoms with Gasteiger partial charge in [0.1, 0.15) is 5.60 Å². The van der Waals surface area contributed by atoms with Crippen LogP contribution in [0.25, 0.3) is 0 Å². The average molecular weight is 326 g/mol. The number of rotatable bonds is 5. The molecule has 0 saturated carbocycles. The summed E-state index contributed by atoms with van der Waals surface area (Å²) in [6.07, 6.45) is 10.4. The molecule has 1 aliphatic rings. The second-order valence-corrected chi connectivity index (χ2v) is 6.27. The first-order valence-electron chi connectivity index (χ1n) is 8.27. The van der Waals surface area contributed by atoms with Gasteiger partial charge < -0.3 is 10.1 Å². The van der Waals surface area contributed by atoms with Crippen molar-refractivity contribution in [3.63, 3.8) is 0 Å². The Balaban J connectivity index is 1.53. The lowest BCUT2D eigenvalue weighted by atomic mass is 9.95. The summed E-state index contributed by atoms with van der Waals surface area (Å²) in [6.45, 7) is 3.21. The molecule has 2 aromatic heterocycles. The third-order valence-corrected chi connectivity index (χ3v) is 4.22. The topological polar surface area (TPSA) is 77.0 Å². The fourth-order valence-corrected chi connectivity index (χ4v) is 2.78. The summed E-state index contributed by atoms with van der Waals surface area (Å²) >= 11 is 0. The zero-order valence-electron chi connectivity index (χ0n) is 13.9. The van der Waals surface area contributed by atoms with Gasteiger partial charge in [0, 0.05) is 43.5 Å². The van der Waals surface area contributed by atoms with E-state index in [0.717, 1.165) is 37.0 Å². The van der Waals surface area contributed by atoms with Crippen molar-refractivity contribution in [1.29, 1.82) is 0 Å². The molecule has 24 heavy (non-hydrogen) atoms. The van der Waals surface area contributed by atoms with E-state index >= 15 is 0 Å². The normalized spacial score (nSPS) is 20.5. The van der Waals surface area contributed by atoms with Crippen molar-refractivity contribution in [1.82, 2.24) is 20.3 Å². The van der Waals surface area contributed by atoms with Gasteiger partial charge in [0.2, 0.25) is 5.91 Å². The molecule has 0 bridgehead atoms. The molecule has 3 rings (SSSR count). The number of hydrogen-bond acceptors (Lipinski definition) is 5. The molecule has 6 nitrogen and oxygen atoms in total. The highest BCUT2D eigenvalue weighted by Gasteiger charge is 2.32. The summed E-state index contributed by atoms with van der Waals surface area (Å²) in [5.41, 5.74) is 1.38. The molecule has 1 saturated heterocycles. The second-order valence-electron chi connectivity index (χ2n) is 6.27. The highest BCUT2D eigenvalue weighted by atomic mass is 16.5. The van der Waals surface area contributed by atoms with Crippen molar-refractivity contribution in [2.75, 3.05) is 6.61 Å². The first-order chi connectivity index (χ1) is 11.7. The highest BCUT2D eigenvalue weighted by molar-refractivity contribution is 5.78. The molecule has 3 heterocycles. The minimum atomic E-state index is -0.389. The summed E-state index contributed by atoms with van der Waals surface area (Å²) < 4.78 is 5.86. The van der Waals surface area contributed by atoms with Gasteiger partial charge in [0.25, 0.3) is 0 Å². The lowest BCUT2D eigenvalue weighted by Crippen LogP contribution is -2.32. The maximum absolute atomic E-state index is 12.0. The molecule has 1 amide bonds. The third kappa shape index (κ3) is 4.14. The zero-order chi connectivity index (χ0) is 16.8. The first kappa shape index (κ1) is 16.5. The van der Waals surface area contributed by atoms with Gasteiger partial charge in [-0.2, -0.15) is 0 Å². The standard InChI is InChI=1S/C18H22N4O2/c1-18(6-2-3-8-24-18)17-21-12-15(13-22-17)11-20-16(23)9-14-5-4-7-19-10-14/h4-5,7,10,12-13H,2-3,6,8-9,11H2,1H3,(H,20,23)/t18-/m1/s1. The third-order valence-electron chi connectivity index (χ3n) is 4.22. The van der Waals surface area contributed by atoms with Gasteiger partial charge in [-0.25, -0.2) is 9.97 Å². The smallest absolute Gasteiger partial charge is 0.224 e. The SMILES string of the molecule is C[C@]1(c2ncc(CNC(=O)Cc3cccnc3)cn2)CCCCO1. The van der Waals surface area contributed by atoms with E-state index in [4.69, 9.17) is 4.74 Å². The molecule has 0 spiro atoms. The highest BCUT2D eigenvalue weighted by Crippen LogP contribution is 2.32. The first-order valence-corrected chi connectivity index (χ1v) is 8.27. The fraction of sp³-hybridized carbons (Fsp3) is 0.444. The minimum absolute atomic E-state index is 0.0466. The summed E-state index contributed by atoms with van der Waals surface area (Å²) in [4.78, 5) is 24.8. The van der Waals surface area contributed by atoms with Crippen LogP contribution in [0, 0.1) is 0 Å². The number of hydrogen-bond donors (Lipinski definition) is 1. The van der Waals surface area contributed by atoms with Crippen LogP contribution in [0.3, 0.4) is 0 Å². The van der Waals surface area contributed by atoms with Gasteiger partial charge in [-0.1, -0.05) is 6.07 Å². The maximum atomic E-state index is 12.0. The molecule has 1 atom stereocenters. The Morgan fingerprint density at radius 1 is 1.25 bits per heavy atom. The summed E-state index contributed by atoms with van der Waals surface area (Å²) in [7, 11) is 0. The molecule has 0 aliphatic carbocycles. The van der Waals surface area contributed by atoms with Crippen LogP contribution in [0.4, 0.5) is 0 Å². The van der Waals surface area contributed by atoms with Crippen LogP contribution in [0.15, 0.2) is 36.9 Å². The van der Waals surface area contributed by atoms with Crippen LogP contribution in [0.1, 0.15) is 43.1 Å². The minimum Gasteiger partial charge on any atom is -0.367 e. The van der Waals surface area contributed by atoms with Crippen molar-refractivity contribution in [2.24, 2.45) is 0 Å². The largest absolute Gasteiger partial charge is 0.367 e. The monoisotopic (exact) mass is 326 g/mol. The fourth-order valence-electron chi connectivity index (χ4n) is 2.78. The van der Waals surface area contributed by atoms with Gasteiger partial charge in [0.05, 0.1) is 6.42 Å². The molecule has 0 radical (unpaired) electrons. The van der Waals surface area contributed by atoms with Gasteiger partial charge >= 0.3 is 0 Å². The number of carbonyl (C=O) groups is 1. The number of nitrogens with one attached hydrogen (secondary N) is 1. The summed E-state index contributed by atoms with van der Waals surface area (Å²) in [5.74, 6) is 0.669. The van der Waals surface area contributed by atoms with E-state index < -0.39 is 0 Å². The van der Waals surface area contributed by atoms with E-state index in [-0.39, 0.29) is 11.5 Å². The molecular weight excluding hydrogens is 304 g/mol. The molecule has 1 N–H and O–H groups in total. The molecule has 0 unspecified atom stereocenters. The molecule has 126 valence electrons. The Bertz CT molecular complexity index is 667. The van der Waals surface area contributed by atoms with Crippen molar-refractivity contribution < 1.29 is 9.53 Å². The Hall–Kier alpha value is -2.34. The van der Waals surface area contributed by atoms with Gasteiger partial charge in [-0.3, -0.25) is 9.78 Å². The molecule has 6 heteroatoms. The molecule has 1 aliphatic heterocycles. The number of nitrogens with zero attached hydrogens (tertiary/aromatic N) is 3. The van der Waals surface area contributed by atoms with Crippen molar-refractivity contribution in [3.05, 3.63) is 53.9 Å². The number of amides is 1. The van der Waals surface area contributed by atoms with E-state index in [9.17, 15) is 4.79 Å². The quantitative estimate of drug-likeness (QED) is 0.911. The number of pyridine rings is 1. The van der Waals surface area contributed by atoms with Gasteiger partial charge in [-0.05, 0) is 37.8 Å². The van der Waals surface area contributed by atoms with Crippen LogP contribution in [-0.4, -0.2) is 27.5 Å². The molecule has 2 aromatic rings. The van der Waals surface area contributed by atoms with E-state index in [0.29, 0.717) is 18.8 Å². The van der Waals surface area contributed by atoms with E-state index in [2.05, 4.69) is 20.3 Å². The van der Waals surface area contributed by atoms with E-state index in [1.807, 2.05) is 19.1 Å². The average Bonchev–Trinajstić information content (AvgIpc) is 2.62. The molecule has 1 fully saturated rings. The Kier molecular flexibility index (Phi) is 5.15. The zero-order valence-corrected chi connectivity index (χ0v) is 13.9. The van der Waals surface area contributed by atoms with E-state index in [1.165, 1.54) is 0 Å². The predicted octanol–water partition coefficient (Wildman–Crippen LogP) is 2.15. The van der Waals surface area contributed by atoms with Gasteiger partial charge in [-0.15, -0.1) is 0 Å². The van der Waals surface area contributed by atoms with Crippen LogP contribution in [0.2, 0.25) is 0 Å². The predicted molar refractivity (Wildman–Crippen MR) is 89.0 cm³/mol. The summed E-state index contributed by atoms with van der Waals surface area (Å²) in [5, 5.41) is 2.88. The van der Waals surface area contributed by atoms with Crippen LogP contribution in [0.5, 0.6) is 0 Å². The number of aromatic nitrogens is 3. The Labute approximate surface area is 141 Å². The van der Waals surface area contributed by atoms with Crippen LogP contribution >= 0.6 is 0 Å². The van der Waals surface area contributed by atoms with Gasteiger partial charge in [0.15, 0.2) is 5.82 Å². The lowest BCUT2D eigenvalue weighted by molar-refractivity contribution is -0.120. The number of ether oxygens (including phenoxy) is 1.